The lowest BCUT2D eigenvalue weighted by atomic mass is 10.1. The molecule has 0 aliphatic rings. The van der Waals surface area contributed by atoms with Crippen LogP contribution in [0.4, 0.5) is 5.69 Å². The fourth-order valence-electron chi connectivity index (χ4n) is 0.965. The van der Waals surface area contributed by atoms with Crippen LogP contribution >= 0.6 is 34.2 Å². The Labute approximate surface area is 89.2 Å². The monoisotopic (exact) mass is 295 g/mol. The molecule has 0 saturated carbocycles. The number of hydrogen-bond donors (Lipinski definition) is 1. The summed E-state index contributed by atoms with van der Waals surface area (Å²) in [5, 5.41) is 0.423. The van der Waals surface area contributed by atoms with Gasteiger partial charge in [-0.2, -0.15) is 0 Å². The summed E-state index contributed by atoms with van der Waals surface area (Å²) in [6.45, 7) is 1.45. The molecule has 0 saturated heterocycles. The van der Waals surface area contributed by atoms with Crippen molar-refractivity contribution < 1.29 is 4.79 Å². The number of halogens is 2. The summed E-state index contributed by atoms with van der Waals surface area (Å²) in [5.74, 6) is -0.103. The van der Waals surface area contributed by atoms with Gasteiger partial charge in [-0.15, -0.1) is 0 Å². The molecular weight excluding hydrogens is 288 g/mol. The zero-order valence-corrected chi connectivity index (χ0v) is 9.31. The third-order valence-electron chi connectivity index (χ3n) is 1.44. The Morgan fingerprint density at radius 1 is 1.58 bits per heavy atom. The number of carbonyl (C=O) groups is 1. The van der Waals surface area contributed by atoms with E-state index in [4.69, 9.17) is 17.3 Å². The molecule has 0 amide bonds. The van der Waals surface area contributed by atoms with E-state index in [0.29, 0.717) is 16.3 Å². The Bertz CT molecular complexity index is 315. The van der Waals surface area contributed by atoms with E-state index in [1.165, 1.54) is 6.92 Å². The molecule has 0 aliphatic heterocycles. The van der Waals surface area contributed by atoms with Gasteiger partial charge in [-0.25, -0.2) is 0 Å². The first kappa shape index (κ1) is 9.80. The molecule has 0 aliphatic carbocycles. The molecule has 2 nitrogen and oxygen atoms in total. The van der Waals surface area contributed by atoms with Gasteiger partial charge < -0.3 is 5.73 Å². The van der Waals surface area contributed by atoms with Crippen molar-refractivity contribution in [1.29, 1.82) is 0 Å². The molecule has 1 aromatic carbocycles. The van der Waals surface area contributed by atoms with Gasteiger partial charge >= 0.3 is 0 Å². The Hall–Kier alpha value is -0.290. The van der Waals surface area contributed by atoms with Crippen molar-refractivity contribution in [3.05, 3.63) is 26.3 Å². The van der Waals surface area contributed by atoms with Crippen molar-refractivity contribution in [2.75, 3.05) is 5.73 Å². The smallest absolute Gasteiger partial charge is 0.163 e. The molecule has 0 bridgehead atoms. The van der Waals surface area contributed by atoms with E-state index in [0.717, 1.165) is 3.57 Å². The van der Waals surface area contributed by atoms with Crippen molar-refractivity contribution in [1.82, 2.24) is 0 Å². The minimum Gasteiger partial charge on any atom is -0.398 e. The second-order valence-corrected chi connectivity index (χ2v) is 4.06. The maximum absolute atomic E-state index is 11.0. The molecule has 0 spiro atoms. The van der Waals surface area contributed by atoms with Crippen LogP contribution < -0.4 is 5.73 Å². The summed E-state index contributed by atoms with van der Waals surface area (Å²) in [6.07, 6.45) is 0. The highest BCUT2D eigenvalue weighted by atomic mass is 127. The molecule has 2 N–H and O–H groups in total. The predicted octanol–water partition coefficient (Wildman–Crippen LogP) is 2.73. The highest BCUT2D eigenvalue weighted by Gasteiger charge is 2.10. The predicted molar refractivity (Wildman–Crippen MR) is 58.6 cm³/mol. The maximum Gasteiger partial charge on any atom is 0.163 e. The SMILES string of the molecule is CC(=O)c1c(N)cc(I)cc1Cl. The molecule has 0 fully saturated rings. The van der Waals surface area contributed by atoms with Crippen molar-refractivity contribution >= 4 is 45.7 Å². The first-order chi connectivity index (χ1) is 5.52. The molecule has 64 valence electrons. The fourth-order valence-corrected chi connectivity index (χ4v) is 2.16. The van der Waals surface area contributed by atoms with Crippen LogP contribution in [0.5, 0.6) is 0 Å². The standard InChI is InChI=1S/C8H7ClINO/c1-4(12)8-6(9)2-5(10)3-7(8)11/h2-3H,11H2,1H3. The first-order valence-electron chi connectivity index (χ1n) is 3.28. The van der Waals surface area contributed by atoms with Crippen molar-refractivity contribution in [2.45, 2.75) is 6.92 Å². The Morgan fingerprint density at radius 2 is 2.17 bits per heavy atom. The van der Waals surface area contributed by atoms with Gasteiger partial charge in [0.1, 0.15) is 0 Å². The third kappa shape index (κ3) is 1.90. The summed E-state index contributed by atoms with van der Waals surface area (Å²) in [7, 11) is 0. The van der Waals surface area contributed by atoms with Gasteiger partial charge in [0.05, 0.1) is 10.6 Å². The zero-order valence-electron chi connectivity index (χ0n) is 6.40. The van der Waals surface area contributed by atoms with Crippen LogP contribution in [-0.2, 0) is 0 Å². The number of benzene rings is 1. The van der Waals surface area contributed by atoms with Crippen molar-refractivity contribution in [2.24, 2.45) is 0 Å². The topological polar surface area (TPSA) is 43.1 Å². The van der Waals surface area contributed by atoms with E-state index in [1.807, 2.05) is 0 Å². The van der Waals surface area contributed by atoms with E-state index < -0.39 is 0 Å². The second kappa shape index (κ2) is 3.62. The number of nitrogens with two attached hydrogens (primary N) is 1. The van der Waals surface area contributed by atoms with Gasteiger partial charge in [0, 0.05) is 9.26 Å². The van der Waals surface area contributed by atoms with Crippen LogP contribution in [0.1, 0.15) is 17.3 Å². The molecule has 0 radical (unpaired) electrons. The van der Waals surface area contributed by atoms with Crippen LogP contribution in [-0.4, -0.2) is 5.78 Å². The molecular formula is C8H7ClINO. The maximum atomic E-state index is 11.0. The summed E-state index contributed by atoms with van der Waals surface area (Å²) in [5.41, 5.74) is 6.47. The number of Topliss-reactive ketones (excluding diaryl/α,β-unsaturated/α-hetero) is 1. The van der Waals surface area contributed by atoms with Crippen molar-refractivity contribution in [3.63, 3.8) is 0 Å². The minimum absolute atomic E-state index is 0.103. The normalized spacial score (nSPS) is 9.92. The van der Waals surface area contributed by atoms with Crippen LogP contribution in [0, 0.1) is 3.57 Å². The summed E-state index contributed by atoms with van der Waals surface area (Å²) >= 11 is 7.92. The van der Waals surface area contributed by atoms with Gasteiger partial charge in [0.2, 0.25) is 0 Å². The zero-order chi connectivity index (χ0) is 9.30. The molecule has 1 aromatic rings. The van der Waals surface area contributed by atoms with Gasteiger partial charge in [-0.1, -0.05) is 11.6 Å². The van der Waals surface area contributed by atoms with Gasteiger partial charge in [-0.3, -0.25) is 4.79 Å². The van der Waals surface area contributed by atoms with E-state index in [9.17, 15) is 4.79 Å². The summed E-state index contributed by atoms with van der Waals surface area (Å²) in [6, 6.07) is 3.44. The van der Waals surface area contributed by atoms with Crippen LogP contribution in [0.2, 0.25) is 5.02 Å². The molecule has 0 aromatic heterocycles. The Kier molecular flexibility index (Phi) is 2.95. The summed E-state index contributed by atoms with van der Waals surface area (Å²) < 4.78 is 0.931. The Balaban J connectivity index is 3.38. The van der Waals surface area contributed by atoms with Gasteiger partial charge in [0.25, 0.3) is 0 Å². The number of ketones is 1. The lowest BCUT2D eigenvalue weighted by Gasteiger charge is -2.04. The van der Waals surface area contributed by atoms with Crippen LogP contribution in [0.25, 0.3) is 0 Å². The average Bonchev–Trinajstić information content (AvgIpc) is 1.82. The van der Waals surface area contributed by atoms with E-state index in [1.54, 1.807) is 12.1 Å². The number of carbonyl (C=O) groups excluding carboxylic acids is 1. The second-order valence-electron chi connectivity index (χ2n) is 2.41. The Morgan fingerprint density at radius 3 is 2.58 bits per heavy atom. The number of anilines is 1. The molecule has 4 heteroatoms. The van der Waals surface area contributed by atoms with Crippen molar-refractivity contribution in [3.8, 4) is 0 Å². The minimum atomic E-state index is -0.103. The van der Waals surface area contributed by atoms with Gasteiger partial charge in [-0.05, 0) is 41.6 Å². The number of hydrogen-bond acceptors (Lipinski definition) is 2. The quantitative estimate of drug-likeness (QED) is 0.492. The number of nitrogen functional groups attached to an aromatic ring is 1. The molecule has 0 atom stereocenters. The lowest BCUT2D eigenvalue weighted by Crippen LogP contribution is -2.01. The molecule has 12 heavy (non-hydrogen) atoms. The van der Waals surface area contributed by atoms with E-state index in [-0.39, 0.29) is 5.78 Å². The largest absolute Gasteiger partial charge is 0.398 e. The molecule has 0 heterocycles. The molecule has 0 unspecified atom stereocenters. The fraction of sp³-hybridized carbons (Fsp3) is 0.125. The average molecular weight is 296 g/mol. The highest BCUT2D eigenvalue weighted by Crippen LogP contribution is 2.25. The van der Waals surface area contributed by atoms with Crippen LogP contribution in [0.3, 0.4) is 0 Å². The number of rotatable bonds is 1. The molecule has 1 rings (SSSR count). The van der Waals surface area contributed by atoms with E-state index >= 15 is 0 Å². The third-order valence-corrected chi connectivity index (χ3v) is 2.36. The summed E-state index contributed by atoms with van der Waals surface area (Å²) in [4.78, 5) is 11.0. The highest BCUT2D eigenvalue weighted by molar-refractivity contribution is 14.1. The van der Waals surface area contributed by atoms with Gasteiger partial charge in [0.15, 0.2) is 5.78 Å². The van der Waals surface area contributed by atoms with Crippen LogP contribution in [0.15, 0.2) is 12.1 Å². The lowest BCUT2D eigenvalue weighted by molar-refractivity contribution is 0.101. The first-order valence-corrected chi connectivity index (χ1v) is 4.73. The van der Waals surface area contributed by atoms with E-state index in [2.05, 4.69) is 22.6 Å².